The van der Waals surface area contributed by atoms with Crippen molar-refractivity contribution < 1.29 is 29.6 Å². The van der Waals surface area contributed by atoms with Crippen LogP contribution in [0.15, 0.2) is 23.8 Å². The SMILES string of the molecule is C=CC(=O)OCC(O)CO.CC(C)=C(C)C(=O)O. The van der Waals surface area contributed by atoms with Crippen LogP contribution in [-0.4, -0.2) is 46.6 Å². The van der Waals surface area contributed by atoms with E-state index in [9.17, 15) is 9.59 Å². The predicted octanol–water partition coefficient (Wildman–Crippen LogP) is 0.496. The minimum absolute atomic E-state index is 0.193. The van der Waals surface area contributed by atoms with Crippen molar-refractivity contribution >= 4 is 11.9 Å². The van der Waals surface area contributed by atoms with Gasteiger partial charge in [0, 0.05) is 11.6 Å². The maximum atomic E-state index is 10.3. The second kappa shape index (κ2) is 10.5. The van der Waals surface area contributed by atoms with Crippen molar-refractivity contribution in [1.29, 1.82) is 0 Å². The van der Waals surface area contributed by atoms with Gasteiger partial charge in [-0.1, -0.05) is 12.2 Å². The molecular weight excluding hydrogens is 240 g/mol. The highest BCUT2D eigenvalue weighted by Crippen LogP contribution is 1.99. The van der Waals surface area contributed by atoms with E-state index < -0.39 is 24.6 Å². The lowest BCUT2D eigenvalue weighted by Gasteiger charge is -2.05. The Kier molecular flexibility index (Phi) is 10.9. The molecule has 0 radical (unpaired) electrons. The van der Waals surface area contributed by atoms with Crippen molar-refractivity contribution in [2.24, 2.45) is 0 Å². The van der Waals surface area contributed by atoms with Gasteiger partial charge in [0.1, 0.15) is 12.7 Å². The lowest BCUT2D eigenvalue weighted by atomic mass is 10.2. The fourth-order valence-corrected chi connectivity index (χ4v) is 0.504. The number of aliphatic hydroxyl groups is 2. The van der Waals surface area contributed by atoms with Gasteiger partial charge in [0.05, 0.1) is 6.61 Å². The highest BCUT2D eigenvalue weighted by Gasteiger charge is 2.03. The molecular formula is C12H20O6. The number of carbonyl (C=O) groups is 2. The number of carboxylic acid groups (broad SMARTS) is 1. The van der Waals surface area contributed by atoms with Crippen LogP contribution in [0.3, 0.4) is 0 Å². The van der Waals surface area contributed by atoms with Gasteiger partial charge >= 0.3 is 11.9 Å². The molecule has 0 heterocycles. The standard InChI is InChI=1S/C6H10O4.C6H10O2/c1-2-6(9)10-4-5(8)3-7;1-4(2)5(3)6(7)8/h2,5,7-8H,1,3-4H2;1-3H3,(H,7,8). The minimum Gasteiger partial charge on any atom is -0.478 e. The molecule has 104 valence electrons. The van der Waals surface area contributed by atoms with E-state index in [1.165, 1.54) is 0 Å². The van der Waals surface area contributed by atoms with Crippen molar-refractivity contribution in [3.8, 4) is 0 Å². The number of allylic oxidation sites excluding steroid dienone is 1. The first-order valence-corrected chi connectivity index (χ1v) is 5.21. The number of hydrogen-bond donors (Lipinski definition) is 3. The van der Waals surface area contributed by atoms with E-state index in [4.69, 9.17) is 15.3 Å². The molecule has 0 saturated carbocycles. The summed E-state index contributed by atoms with van der Waals surface area (Å²) in [5.74, 6) is -1.43. The smallest absolute Gasteiger partial charge is 0.331 e. The minimum atomic E-state index is -0.996. The summed E-state index contributed by atoms with van der Waals surface area (Å²) in [5, 5.41) is 25.2. The normalized spacial score (nSPS) is 10.5. The summed E-state index contributed by atoms with van der Waals surface area (Å²) in [5.41, 5.74) is 1.29. The van der Waals surface area contributed by atoms with Crippen LogP contribution >= 0.6 is 0 Å². The highest BCUT2D eigenvalue weighted by atomic mass is 16.5. The molecule has 1 unspecified atom stereocenters. The maximum Gasteiger partial charge on any atom is 0.331 e. The lowest BCUT2D eigenvalue weighted by molar-refractivity contribution is -0.141. The molecule has 0 saturated heterocycles. The van der Waals surface area contributed by atoms with Crippen LogP contribution in [0.5, 0.6) is 0 Å². The molecule has 0 aliphatic rings. The molecule has 0 spiro atoms. The summed E-state index contributed by atoms with van der Waals surface area (Å²) in [6.45, 7) is 7.70. The Morgan fingerprint density at radius 2 is 1.83 bits per heavy atom. The number of aliphatic carboxylic acids is 1. The molecule has 0 fully saturated rings. The van der Waals surface area contributed by atoms with E-state index in [1.807, 2.05) is 0 Å². The Morgan fingerprint density at radius 1 is 1.33 bits per heavy atom. The first kappa shape index (κ1) is 18.7. The first-order valence-electron chi connectivity index (χ1n) is 5.21. The molecule has 0 aliphatic heterocycles. The number of rotatable bonds is 5. The third kappa shape index (κ3) is 10.8. The molecule has 0 amide bonds. The van der Waals surface area contributed by atoms with E-state index in [1.54, 1.807) is 20.8 Å². The number of carbonyl (C=O) groups excluding carboxylic acids is 1. The highest BCUT2D eigenvalue weighted by molar-refractivity contribution is 5.86. The van der Waals surface area contributed by atoms with Crippen LogP contribution in [0, 0.1) is 0 Å². The summed E-state index contributed by atoms with van der Waals surface area (Å²) >= 11 is 0. The molecule has 6 heteroatoms. The van der Waals surface area contributed by atoms with Gasteiger partial charge in [-0.25, -0.2) is 9.59 Å². The average molecular weight is 260 g/mol. The van der Waals surface area contributed by atoms with Gasteiger partial charge < -0.3 is 20.1 Å². The molecule has 0 rings (SSSR count). The molecule has 6 nitrogen and oxygen atoms in total. The molecule has 0 bridgehead atoms. The van der Waals surface area contributed by atoms with E-state index in [-0.39, 0.29) is 6.61 Å². The molecule has 0 aliphatic carbocycles. The van der Waals surface area contributed by atoms with Crippen molar-refractivity contribution in [1.82, 2.24) is 0 Å². The summed E-state index contributed by atoms with van der Waals surface area (Å²) in [6.07, 6.45) is -0.00622. The van der Waals surface area contributed by atoms with Gasteiger partial charge in [0.2, 0.25) is 0 Å². The zero-order chi connectivity index (χ0) is 14.7. The van der Waals surface area contributed by atoms with Gasteiger partial charge in [-0.05, 0) is 20.8 Å². The van der Waals surface area contributed by atoms with Crippen LogP contribution in [0.1, 0.15) is 20.8 Å². The predicted molar refractivity (Wildman–Crippen MR) is 65.9 cm³/mol. The summed E-state index contributed by atoms with van der Waals surface area (Å²) < 4.78 is 4.38. The number of hydrogen-bond acceptors (Lipinski definition) is 5. The quantitative estimate of drug-likeness (QED) is 0.491. The third-order valence-corrected chi connectivity index (χ3v) is 1.87. The van der Waals surface area contributed by atoms with E-state index >= 15 is 0 Å². The Balaban J connectivity index is 0. The first-order chi connectivity index (χ1) is 8.26. The van der Waals surface area contributed by atoms with E-state index in [0.717, 1.165) is 11.6 Å². The second-order valence-electron chi connectivity index (χ2n) is 3.60. The van der Waals surface area contributed by atoms with Crippen molar-refractivity contribution in [2.75, 3.05) is 13.2 Å². The zero-order valence-electron chi connectivity index (χ0n) is 10.8. The lowest BCUT2D eigenvalue weighted by Crippen LogP contribution is -2.21. The van der Waals surface area contributed by atoms with Crippen LogP contribution in [-0.2, 0) is 14.3 Å². The molecule has 0 aromatic heterocycles. The Labute approximate surface area is 106 Å². The molecule has 18 heavy (non-hydrogen) atoms. The number of ether oxygens (including phenoxy) is 1. The van der Waals surface area contributed by atoms with E-state index in [2.05, 4.69) is 11.3 Å². The van der Waals surface area contributed by atoms with Gasteiger partial charge in [-0.2, -0.15) is 0 Å². The molecule has 0 aromatic rings. The summed E-state index contributed by atoms with van der Waals surface area (Å²) in [7, 11) is 0. The fourth-order valence-electron chi connectivity index (χ4n) is 0.504. The largest absolute Gasteiger partial charge is 0.478 e. The molecule has 3 N–H and O–H groups in total. The Bertz CT molecular complexity index is 315. The van der Waals surface area contributed by atoms with E-state index in [0.29, 0.717) is 5.57 Å². The van der Waals surface area contributed by atoms with Gasteiger partial charge in [0.15, 0.2) is 0 Å². The van der Waals surface area contributed by atoms with Crippen LogP contribution in [0.4, 0.5) is 0 Å². The third-order valence-electron chi connectivity index (χ3n) is 1.87. The Morgan fingerprint density at radius 3 is 2.06 bits per heavy atom. The molecule has 0 aromatic carbocycles. The fraction of sp³-hybridized carbons (Fsp3) is 0.500. The van der Waals surface area contributed by atoms with Crippen LogP contribution in [0.2, 0.25) is 0 Å². The topological polar surface area (TPSA) is 104 Å². The van der Waals surface area contributed by atoms with Crippen molar-refractivity contribution in [2.45, 2.75) is 26.9 Å². The average Bonchev–Trinajstić information content (AvgIpc) is 2.34. The zero-order valence-corrected chi connectivity index (χ0v) is 10.8. The van der Waals surface area contributed by atoms with Gasteiger partial charge in [0.25, 0.3) is 0 Å². The second-order valence-corrected chi connectivity index (χ2v) is 3.60. The number of carboxylic acids is 1. The van der Waals surface area contributed by atoms with Crippen LogP contribution in [0.25, 0.3) is 0 Å². The number of aliphatic hydroxyl groups excluding tert-OH is 2. The van der Waals surface area contributed by atoms with Crippen LogP contribution < -0.4 is 0 Å². The summed E-state index contributed by atoms with van der Waals surface area (Å²) in [6, 6.07) is 0. The van der Waals surface area contributed by atoms with Gasteiger partial charge in [-0.3, -0.25) is 0 Å². The monoisotopic (exact) mass is 260 g/mol. The van der Waals surface area contributed by atoms with Crippen molar-refractivity contribution in [3.05, 3.63) is 23.8 Å². The molecule has 1 atom stereocenters. The number of esters is 1. The Hall–Kier alpha value is -1.66. The summed E-state index contributed by atoms with van der Waals surface area (Å²) in [4.78, 5) is 20.4. The maximum absolute atomic E-state index is 10.3. The van der Waals surface area contributed by atoms with Gasteiger partial charge in [-0.15, -0.1) is 0 Å². The van der Waals surface area contributed by atoms with Crippen molar-refractivity contribution in [3.63, 3.8) is 0 Å².